The Morgan fingerprint density at radius 2 is 2.00 bits per heavy atom. The summed E-state index contributed by atoms with van der Waals surface area (Å²) in [5.41, 5.74) is 3.39. The average molecular weight is 378 g/mol. The lowest BCUT2D eigenvalue weighted by Gasteiger charge is -2.26. The fraction of sp³-hybridized carbons (Fsp3) is 0.409. The fourth-order valence-electron chi connectivity index (χ4n) is 4.00. The molecule has 146 valence electrons. The molecule has 2 aromatic heterocycles. The van der Waals surface area contributed by atoms with Gasteiger partial charge in [0.15, 0.2) is 5.65 Å². The lowest BCUT2D eigenvalue weighted by atomic mass is 10.0. The van der Waals surface area contributed by atoms with Gasteiger partial charge < -0.3 is 9.64 Å². The van der Waals surface area contributed by atoms with Crippen LogP contribution < -0.4 is 4.74 Å². The average Bonchev–Trinajstić information content (AvgIpc) is 3.33. The van der Waals surface area contributed by atoms with Crippen LogP contribution in [0.3, 0.4) is 0 Å². The van der Waals surface area contributed by atoms with Crippen molar-refractivity contribution < 1.29 is 9.53 Å². The van der Waals surface area contributed by atoms with Crippen molar-refractivity contribution in [2.24, 2.45) is 0 Å². The van der Waals surface area contributed by atoms with Crippen molar-refractivity contribution in [3.8, 4) is 5.75 Å². The first-order valence-corrected chi connectivity index (χ1v) is 9.79. The van der Waals surface area contributed by atoms with E-state index in [0.717, 1.165) is 47.4 Å². The van der Waals surface area contributed by atoms with Crippen molar-refractivity contribution in [3.05, 3.63) is 53.3 Å². The number of hydrogen-bond acceptors (Lipinski definition) is 4. The van der Waals surface area contributed by atoms with Gasteiger partial charge in [-0.1, -0.05) is 12.1 Å². The van der Waals surface area contributed by atoms with E-state index in [2.05, 4.69) is 31.1 Å². The maximum atomic E-state index is 13.4. The molecule has 1 atom stereocenters. The number of rotatable bonds is 4. The zero-order valence-corrected chi connectivity index (χ0v) is 16.8. The monoisotopic (exact) mass is 378 g/mol. The number of carbonyl (C=O) groups excluding carboxylic acids is 1. The highest BCUT2D eigenvalue weighted by molar-refractivity contribution is 5.98. The number of aromatic nitrogens is 3. The van der Waals surface area contributed by atoms with Gasteiger partial charge in [0.25, 0.3) is 5.91 Å². The number of fused-ring (bicyclic) bond motifs is 1. The number of benzene rings is 1. The van der Waals surface area contributed by atoms with Crippen molar-refractivity contribution in [1.29, 1.82) is 0 Å². The minimum atomic E-state index is 0.0440. The molecule has 4 rings (SSSR count). The van der Waals surface area contributed by atoms with Crippen LogP contribution in [-0.4, -0.2) is 39.2 Å². The molecule has 0 saturated carbocycles. The molecule has 1 fully saturated rings. The topological polar surface area (TPSA) is 60.2 Å². The number of nitrogens with zero attached hydrogens (tertiary/aromatic N) is 4. The maximum absolute atomic E-state index is 13.4. The van der Waals surface area contributed by atoms with Crippen LogP contribution in [-0.2, 0) is 0 Å². The summed E-state index contributed by atoms with van der Waals surface area (Å²) in [6.07, 6.45) is 3.77. The summed E-state index contributed by atoms with van der Waals surface area (Å²) in [6, 6.07) is 10.3. The number of hydrogen-bond donors (Lipinski definition) is 0. The van der Waals surface area contributed by atoms with E-state index in [4.69, 9.17) is 9.72 Å². The number of amides is 1. The highest BCUT2D eigenvalue weighted by Gasteiger charge is 2.31. The summed E-state index contributed by atoms with van der Waals surface area (Å²) in [6.45, 7) is 6.82. The van der Waals surface area contributed by atoms with E-state index in [1.807, 2.05) is 34.7 Å². The maximum Gasteiger partial charge on any atom is 0.256 e. The molecule has 1 amide bonds. The molecule has 0 radical (unpaired) electrons. The van der Waals surface area contributed by atoms with Crippen LogP contribution in [0.5, 0.6) is 5.75 Å². The van der Waals surface area contributed by atoms with E-state index in [1.165, 1.54) is 0 Å². The van der Waals surface area contributed by atoms with Crippen molar-refractivity contribution in [2.45, 2.75) is 45.7 Å². The first-order chi connectivity index (χ1) is 13.5. The van der Waals surface area contributed by atoms with E-state index in [1.54, 1.807) is 13.3 Å². The van der Waals surface area contributed by atoms with Gasteiger partial charge in [-0.15, -0.1) is 0 Å². The molecular formula is C22H26N4O2. The molecule has 1 aliphatic rings. The Morgan fingerprint density at radius 3 is 2.68 bits per heavy atom. The van der Waals surface area contributed by atoms with E-state index in [9.17, 15) is 4.79 Å². The number of methoxy groups -OCH3 is 1. The number of carbonyl (C=O) groups is 1. The highest BCUT2D eigenvalue weighted by Crippen LogP contribution is 2.34. The van der Waals surface area contributed by atoms with Crippen molar-refractivity contribution >= 4 is 16.9 Å². The molecule has 28 heavy (non-hydrogen) atoms. The van der Waals surface area contributed by atoms with E-state index in [-0.39, 0.29) is 18.0 Å². The minimum Gasteiger partial charge on any atom is -0.497 e. The van der Waals surface area contributed by atoms with Crippen molar-refractivity contribution in [3.63, 3.8) is 0 Å². The summed E-state index contributed by atoms with van der Waals surface area (Å²) in [7, 11) is 1.66. The first-order valence-electron chi connectivity index (χ1n) is 9.79. The second kappa shape index (κ2) is 7.26. The lowest BCUT2D eigenvalue weighted by Crippen LogP contribution is -2.31. The normalized spacial score (nSPS) is 16.9. The largest absolute Gasteiger partial charge is 0.497 e. The zero-order valence-electron chi connectivity index (χ0n) is 16.8. The molecule has 1 aliphatic heterocycles. The quantitative estimate of drug-likeness (QED) is 0.679. The molecule has 6 heteroatoms. The molecule has 0 spiro atoms. The SMILES string of the molecule is COc1ccc(C2CCCN2C(=O)c2cc3cnn(C(C)C)c3nc2C)cc1. The van der Waals surface area contributed by atoms with Gasteiger partial charge in [0, 0.05) is 18.0 Å². The number of likely N-dealkylation sites (tertiary alicyclic amines) is 1. The third kappa shape index (κ3) is 3.13. The van der Waals surface area contributed by atoms with Gasteiger partial charge >= 0.3 is 0 Å². The summed E-state index contributed by atoms with van der Waals surface area (Å²) in [5, 5.41) is 5.34. The van der Waals surface area contributed by atoms with Gasteiger partial charge in [-0.05, 0) is 57.4 Å². The summed E-state index contributed by atoms with van der Waals surface area (Å²) >= 11 is 0. The van der Waals surface area contributed by atoms with Crippen LogP contribution in [0.2, 0.25) is 0 Å². The van der Waals surface area contributed by atoms with Gasteiger partial charge in [-0.25, -0.2) is 9.67 Å². The second-order valence-electron chi connectivity index (χ2n) is 7.65. The van der Waals surface area contributed by atoms with Crippen LogP contribution in [0.15, 0.2) is 36.5 Å². The molecule has 0 bridgehead atoms. The minimum absolute atomic E-state index is 0.0440. The summed E-state index contributed by atoms with van der Waals surface area (Å²) in [5.74, 6) is 0.870. The standard InChI is InChI=1S/C22H26N4O2/c1-14(2)26-21-17(13-23-26)12-19(15(3)24-21)22(27)25-11-5-6-20(25)16-7-9-18(28-4)10-8-16/h7-10,12-14,20H,5-6,11H2,1-4H3. The van der Waals surface area contributed by atoms with Crippen LogP contribution in [0.1, 0.15) is 60.4 Å². The van der Waals surface area contributed by atoms with Crippen LogP contribution in [0.4, 0.5) is 0 Å². The number of aryl methyl sites for hydroxylation is 1. The Hall–Kier alpha value is -2.89. The van der Waals surface area contributed by atoms with Gasteiger partial charge in [0.1, 0.15) is 5.75 Å². The van der Waals surface area contributed by atoms with Gasteiger partial charge in [0.05, 0.1) is 30.6 Å². The second-order valence-corrected chi connectivity index (χ2v) is 7.65. The predicted molar refractivity (Wildman–Crippen MR) is 109 cm³/mol. The molecule has 1 unspecified atom stereocenters. The molecule has 0 aliphatic carbocycles. The Balaban J connectivity index is 1.66. The smallest absolute Gasteiger partial charge is 0.256 e. The number of ether oxygens (including phenoxy) is 1. The highest BCUT2D eigenvalue weighted by atomic mass is 16.5. The molecule has 3 heterocycles. The molecule has 0 N–H and O–H groups in total. The zero-order chi connectivity index (χ0) is 19.8. The van der Waals surface area contributed by atoms with E-state index in [0.29, 0.717) is 5.56 Å². The molecular weight excluding hydrogens is 352 g/mol. The van der Waals surface area contributed by atoms with E-state index >= 15 is 0 Å². The van der Waals surface area contributed by atoms with Gasteiger partial charge in [0.2, 0.25) is 0 Å². The van der Waals surface area contributed by atoms with Gasteiger partial charge in [-0.3, -0.25) is 4.79 Å². The summed E-state index contributed by atoms with van der Waals surface area (Å²) < 4.78 is 7.15. The molecule has 1 aromatic carbocycles. The number of pyridine rings is 1. The summed E-state index contributed by atoms with van der Waals surface area (Å²) in [4.78, 5) is 20.1. The predicted octanol–water partition coefficient (Wildman–Crippen LogP) is 4.31. The Labute approximate surface area is 165 Å². The Bertz CT molecular complexity index is 1010. The molecule has 3 aromatic rings. The van der Waals surface area contributed by atoms with Crippen LogP contribution in [0.25, 0.3) is 11.0 Å². The van der Waals surface area contributed by atoms with Crippen molar-refractivity contribution in [1.82, 2.24) is 19.7 Å². The fourth-order valence-corrected chi connectivity index (χ4v) is 4.00. The lowest BCUT2D eigenvalue weighted by molar-refractivity contribution is 0.0734. The van der Waals surface area contributed by atoms with Crippen LogP contribution in [0, 0.1) is 6.92 Å². The molecule has 6 nitrogen and oxygen atoms in total. The third-order valence-corrected chi connectivity index (χ3v) is 5.49. The molecule has 1 saturated heterocycles. The Morgan fingerprint density at radius 1 is 1.25 bits per heavy atom. The van der Waals surface area contributed by atoms with E-state index < -0.39 is 0 Å². The van der Waals surface area contributed by atoms with Crippen molar-refractivity contribution in [2.75, 3.05) is 13.7 Å². The first kappa shape index (κ1) is 18.5. The third-order valence-electron chi connectivity index (χ3n) is 5.49. The van der Waals surface area contributed by atoms with Gasteiger partial charge in [-0.2, -0.15) is 5.10 Å². The van der Waals surface area contributed by atoms with Crippen LogP contribution >= 0.6 is 0 Å². The Kier molecular flexibility index (Phi) is 4.79.